The second-order valence-corrected chi connectivity index (χ2v) is 6.17. The Bertz CT molecular complexity index is 1010. The highest BCUT2D eigenvalue weighted by molar-refractivity contribution is 5.80. The molecule has 6 nitrogen and oxygen atoms in total. The van der Waals surface area contributed by atoms with Gasteiger partial charge in [0.15, 0.2) is 6.10 Å². The lowest BCUT2D eigenvalue weighted by atomic mass is 10.2. The van der Waals surface area contributed by atoms with Crippen molar-refractivity contribution in [1.29, 1.82) is 0 Å². The van der Waals surface area contributed by atoms with Crippen LogP contribution in [-0.4, -0.2) is 19.7 Å². The van der Waals surface area contributed by atoms with Crippen LogP contribution in [0.2, 0.25) is 0 Å². The normalized spacial score (nSPS) is 12.4. The fourth-order valence-electron chi connectivity index (χ4n) is 2.89. The van der Waals surface area contributed by atoms with Crippen LogP contribution < -0.4 is 4.74 Å². The SMILES string of the molecule is CCCn1cnc2ccc(-c3noc([C@H](C)Oc4ccccc4)n3)cc21. The van der Waals surface area contributed by atoms with Gasteiger partial charge in [0.25, 0.3) is 5.89 Å². The molecule has 0 N–H and O–H groups in total. The molecule has 0 bridgehead atoms. The Kier molecular flexibility index (Phi) is 4.39. The van der Waals surface area contributed by atoms with Gasteiger partial charge in [-0.1, -0.05) is 30.3 Å². The van der Waals surface area contributed by atoms with Crippen LogP contribution in [-0.2, 0) is 6.54 Å². The molecule has 132 valence electrons. The Labute approximate surface area is 151 Å². The summed E-state index contributed by atoms with van der Waals surface area (Å²) in [5.41, 5.74) is 2.94. The number of para-hydroxylation sites is 1. The van der Waals surface area contributed by atoms with Crippen LogP contribution in [0.15, 0.2) is 59.4 Å². The van der Waals surface area contributed by atoms with Crippen LogP contribution in [0.25, 0.3) is 22.4 Å². The van der Waals surface area contributed by atoms with E-state index in [0.29, 0.717) is 11.7 Å². The van der Waals surface area contributed by atoms with Crippen molar-refractivity contribution in [1.82, 2.24) is 19.7 Å². The van der Waals surface area contributed by atoms with Gasteiger partial charge in [0.1, 0.15) is 5.75 Å². The second kappa shape index (κ2) is 7.00. The molecule has 6 heteroatoms. The molecule has 4 aromatic rings. The van der Waals surface area contributed by atoms with E-state index >= 15 is 0 Å². The summed E-state index contributed by atoms with van der Waals surface area (Å²) in [6.45, 7) is 4.97. The standard InChI is InChI=1S/C20H20N4O2/c1-3-11-24-13-21-17-10-9-15(12-18(17)24)19-22-20(26-23-19)14(2)25-16-7-5-4-6-8-16/h4-10,12-14H,3,11H2,1-2H3/t14-/m0/s1. The van der Waals surface area contributed by atoms with E-state index in [2.05, 4.69) is 32.7 Å². The molecule has 0 fully saturated rings. The Hall–Kier alpha value is -3.15. The third-order valence-electron chi connectivity index (χ3n) is 4.19. The Morgan fingerprint density at radius 1 is 1.15 bits per heavy atom. The van der Waals surface area contributed by atoms with Crippen molar-refractivity contribution in [3.05, 3.63) is 60.7 Å². The van der Waals surface area contributed by atoms with Crippen molar-refractivity contribution in [2.75, 3.05) is 0 Å². The summed E-state index contributed by atoms with van der Waals surface area (Å²) < 4.78 is 13.4. The first kappa shape index (κ1) is 16.3. The van der Waals surface area contributed by atoms with Gasteiger partial charge in [0.2, 0.25) is 5.82 Å². The van der Waals surface area contributed by atoms with Gasteiger partial charge in [-0.2, -0.15) is 4.98 Å². The summed E-state index contributed by atoms with van der Waals surface area (Å²) in [6, 6.07) is 15.6. The summed E-state index contributed by atoms with van der Waals surface area (Å²) in [5.74, 6) is 1.77. The van der Waals surface area contributed by atoms with Crippen molar-refractivity contribution in [3.8, 4) is 17.1 Å². The summed E-state index contributed by atoms with van der Waals surface area (Å²) in [5, 5.41) is 4.12. The fourth-order valence-corrected chi connectivity index (χ4v) is 2.89. The molecule has 2 aromatic carbocycles. The highest BCUT2D eigenvalue weighted by Crippen LogP contribution is 2.25. The molecule has 0 radical (unpaired) electrons. The minimum Gasteiger partial charge on any atom is -0.481 e. The van der Waals surface area contributed by atoms with E-state index in [0.717, 1.165) is 35.3 Å². The molecule has 0 spiro atoms. The molecule has 0 aliphatic rings. The lowest BCUT2D eigenvalue weighted by Crippen LogP contribution is -2.03. The van der Waals surface area contributed by atoms with Gasteiger partial charge in [0, 0.05) is 12.1 Å². The van der Waals surface area contributed by atoms with Crippen molar-refractivity contribution < 1.29 is 9.26 Å². The molecule has 0 unspecified atom stereocenters. The van der Waals surface area contributed by atoms with Gasteiger partial charge in [-0.05, 0) is 43.7 Å². The Morgan fingerprint density at radius 3 is 2.81 bits per heavy atom. The molecule has 0 aliphatic carbocycles. The number of fused-ring (bicyclic) bond motifs is 1. The molecule has 0 saturated heterocycles. The average Bonchev–Trinajstić information content (AvgIpc) is 3.30. The molecule has 4 rings (SSSR count). The quantitative estimate of drug-likeness (QED) is 0.508. The number of aromatic nitrogens is 4. The maximum atomic E-state index is 5.85. The van der Waals surface area contributed by atoms with Crippen LogP contribution >= 0.6 is 0 Å². The first-order valence-corrected chi connectivity index (χ1v) is 8.75. The van der Waals surface area contributed by atoms with Crippen LogP contribution in [0, 0.1) is 0 Å². The highest BCUT2D eigenvalue weighted by Gasteiger charge is 2.17. The van der Waals surface area contributed by atoms with Crippen LogP contribution in [0.3, 0.4) is 0 Å². The number of hydrogen-bond donors (Lipinski definition) is 0. The van der Waals surface area contributed by atoms with Crippen LogP contribution in [0.5, 0.6) is 5.75 Å². The predicted octanol–water partition coefficient (Wildman–Crippen LogP) is 4.64. The number of rotatable bonds is 6. The molecule has 26 heavy (non-hydrogen) atoms. The van der Waals surface area contributed by atoms with E-state index < -0.39 is 0 Å². The summed E-state index contributed by atoms with van der Waals surface area (Å²) in [7, 11) is 0. The topological polar surface area (TPSA) is 66.0 Å². The lowest BCUT2D eigenvalue weighted by molar-refractivity contribution is 0.176. The molecular formula is C20H20N4O2. The second-order valence-electron chi connectivity index (χ2n) is 6.17. The zero-order valence-electron chi connectivity index (χ0n) is 14.8. The van der Waals surface area contributed by atoms with Crippen molar-refractivity contribution >= 4 is 11.0 Å². The third kappa shape index (κ3) is 3.18. The van der Waals surface area contributed by atoms with Gasteiger partial charge in [-0.15, -0.1) is 0 Å². The van der Waals surface area contributed by atoms with Crippen molar-refractivity contribution in [2.24, 2.45) is 0 Å². The maximum Gasteiger partial charge on any atom is 0.267 e. The highest BCUT2D eigenvalue weighted by atomic mass is 16.5. The number of hydrogen-bond acceptors (Lipinski definition) is 5. The van der Waals surface area contributed by atoms with Gasteiger partial charge in [-0.3, -0.25) is 0 Å². The number of ether oxygens (including phenoxy) is 1. The van der Waals surface area contributed by atoms with Gasteiger partial charge in [-0.25, -0.2) is 4.98 Å². The van der Waals surface area contributed by atoms with Gasteiger partial charge >= 0.3 is 0 Å². The minimum absolute atomic E-state index is 0.326. The van der Waals surface area contributed by atoms with E-state index in [1.165, 1.54) is 0 Å². The van der Waals surface area contributed by atoms with Crippen LogP contribution in [0.4, 0.5) is 0 Å². The zero-order valence-corrected chi connectivity index (χ0v) is 14.8. The minimum atomic E-state index is -0.326. The predicted molar refractivity (Wildman–Crippen MR) is 98.8 cm³/mol. The molecule has 0 aliphatic heterocycles. The molecule has 1 atom stereocenters. The lowest BCUT2D eigenvalue weighted by Gasteiger charge is -2.09. The van der Waals surface area contributed by atoms with Gasteiger partial charge in [0.05, 0.1) is 17.4 Å². The summed E-state index contributed by atoms with van der Waals surface area (Å²) in [4.78, 5) is 8.94. The Balaban J connectivity index is 1.59. The van der Waals surface area contributed by atoms with E-state index in [1.54, 1.807) is 0 Å². The monoisotopic (exact) mass is 348 g/mol. The molecule has 2 heterocycles. The number of aryl methyl sites for hydroxylation is 1. The third-order valence-corrected chi connectivity index (χ3v) is 4.19. The van der Waals surface area contributed by atoms with Crippen molar-refractivity contribution in [2.45, 2.75) is 32.9 Å². The number of imidazole rings is 1. The van der Waals surface area contributed by atoms with E-state index in [1.807, 2.05) is 55.7 Å². The smallest absolute Gasteiger partial charge is 0.267 e. The molecule has 2 aromatic heterocycles. The molecule has 0 saturated carbocycles. The maximum absolute atomic E-state index is 5.85. The zero-order chi connectivity index (χ0) is 17.9. The molecular weight excluding hydrogens is 328 g/mol. The number of nitrogens with zero attached hydrogens (tertiary/aromatic N) is 4. The van der Waals surface area contributed by atoms with E-state index in [-0.39, 0.29) is 6.10 Å². The van der Waals surface area contributed by atoms with E-state index in [4.69, 9.17) is 9.26 Å². The largest absolute Gasteiger partial charge is 0.481 e. The van der Waals surface area contributed by atoms with Crippen molar-refractivity contribution in [3.63, 3.8) is 0 Å². The first-order valence-electron chi connectivity index (χ1n) is 8.75. The average molecular weight is 348 g/mol. The first-order chi connectivity index (χ1) is 12.7. The Morgan fingerprint density at radius 2 is 2.00 bits per heavy atom. The van der Waals surface area contributed by atoms with E-state index in [9.17, 15) is 0 Å². The van der Waals surface area contributed by atoms with Crippen LogP contribution in [0.1, 0.15) is 32.3 Å². The fraction of sp³-hybridized carbons (Fsp3) is 0.250. The summed E-state index contributed by atoms with van der Waals surface area (Å²) in [6.07, 6.45) is 2.60. The number of benzene rings is 2. The molecule has 0 amide bonds. The van der Waals surface area contributed by atoms with Gasteiger partial charge < -0.3 is 13.8 Å². The summed E-state index contributed by atoms with van der Waals surface area (Å²) >= 11 is 0.